The standard InChI is InChI=1S/C18H20FN3O3/c1-11-20-18(25-21-11)15-10-24-9-13-7-22(8-14(13)15)17(23)6-12-4-2-3-5-16(12)19/h2-5,13-15H,6-10H2,1H3/t13-,14-,15+/m0/s1. The molecule has 1 aromatic heterocycles. The summed E-state index contributed by atoms with van der Waals surface area (Å²) in [5.74, 6) is 1.27. The van der Waals surface area contributed by atoms with Crippen LogP contribution < -0.4 is 0 Å². The van der Waals surface area contributed by atoms with Gasteiger partial charge in [0.05, 0.1) is 25.6 Å². The maximum absolute atomic E-state index is 13.8. The van der Waals surface area contributed by atoms with Gasteiger partial charge < -0.3 is 14.2 Å². The number of aromatic nitrogens is 2. The number of aryl methyl sites for hydroxylation is 1. The van der Waals surface area contributed by atoms with E-state index in [4.69, 9.17) is 9.26 Å². The fourth-order valence-corrected chi connectivity index (χ4v) is 3.84. The van der Waals surface area contributed by atoms with Crippen LogP contribution in [0.5, 0.6) is 0 Å². The first-order chi connectivity index (χ1) is 12.1. The van der Waals surface area contributed by atoms with E-state index in [0.717, 1.165) is 0 Å². The quantitative estimate of drug-likeness (QED) is 0.850. The minimum Gasteiger partial charge on any atom is -0.380 e. The maximum Gasteiger partial charge on any atom is 0.232 e. The number of rotatable bonds is 3. The van der Waals surface area contributed by atoms with Crippen molar-refractivity contribution in [1.29, 1.82) is 0 Å². The number of ether oxygens (including phenoxy) is 1. The molecule has 7 heteroatoms. The molecule has 2 saturated heterocycles. The van der Waals surface area contributed by atoms with Gasteiger partial charge in [-0.15, -0.1) is 0 Å². The van der Waals surface area contributed by atoms with Gasteiger partial charge in [-0.05, 0) is 24.5 Å². The Balaban J connectivity index is 1.47. The van der Waals surface area contributed by atoms with E-state index in [1.807, 2.05) is 4.90 Å². The van der Waals surface area contributed by atoms with Crippen LogP contribution in [-0.2, 0) is 16.0 Å². The van der Waals surface area contributed by atoms with Crippen molar-refractivity contribution in [2.45, 2.75) is 19.3 Å². The zero-order valence-corrected chi connectivity index (χ0v) is 14.0. The van der Waals surface area contributed by atoms with Crippen LogP contribution in [0.2, 0.25) is 0 Å². The van der Waals surface area contributed by atoms with Crippen LogP contribution in [0.3, 0.4) is 0 Å². The monoisotopic (exact) mass is 345 g/mol. The average molecular weight is 345 g/mol. The number of carbonyl (C=O) groups is 1. The molecule has 2 aromatic rings. The van der Waals surface area contributed by atoms with Crippen molar-refractivity contribution in [3.05, 3.63) is 47.4 Å². The van der Waals surface area contributed by atoms with Gasteiger partial charge in [0.15, 0.2) is 5.82 Å². The van der Waals surface area contributed by atoms with Crippen LogP contribution in [-0.4, -0.2) is 47.3 Å². The second-order valence-corrected chi connectivity index (χ2v) is 6.81. The van der Waals surface area contributed by atoms with Gasteiger partial charge in [-0.1, -0.05) is 23.4 Å². The first-order valence-corrected chi connectivity index (χ1v) is 8.51. The summed E-state index contributed by atoms with van der Waals surface area (Å²) in [6.07, 6.45) is 0.0807. The molecular formula is C18H20FN3O3. The minimum atomic E-state index is -0.338. The van der Waals surface area contributed by atoms with Crippen LogP contribution in [0.4, 0.5) is 4.39 Å². The number of nitrogens with zero attached hydrogens (tertiary/aromatic N) is 3. The van der Waals surface area contributed by atoms with Gasteiger partial charge in [-0.25, -0.2) is 4.39 Å². The van der Waals surface area contributed by atoms with Crippen LogP contribution in [0.25, 0.3) is 0 Å². The van der Waals surface area contributed by atoms with E-state index in [0.29, 0.717) is 43.6 Å². The van der Waals surface area contributed by atoms with Crippen molar-refractivity contribution in [3.63, 3.8) is 0 Å². The van der Waals surface area contributed by atoms with E-state index < -0.39 is 0 Å². The third-order valence-electron chi connectivity index (χ3n) is 5.15. The fraction of sp³-hybridized carbons (Fsp3) is 0.500. The molecule has 0 radical (unpaired) electrons. The molecule has 3 heterocycles. The lowest BCUT2D eigenvalue weighted by atomic mass is 9.83. The number of amides is 1. The van der Waals surface area contributed by atoms with Gasteiger partial charge in [0.2, 0.25) is 11.8 Å². The first kappa shape index (κ1) is 16.2. The molecule has 0 N–H and O–H groups in total. The van der Waals surface area contributed by atoms with E-state index in [-0.39, 0.29) is 35.9 Å². The molecule has 2 fully saturated rings. The average Bonchev–Trinajstić information content (AvgIpc) is 3.22. The molecule has 0 unspecified atom stereocenters. The summed E-state index contributed by atoms with van der Waals surface area (Å²) in [6.45, 7) is 4.18. The van der Waals surface area contributed by atoms with Crippen molar-refractivity contribution < 1.29 is 18.4 Å². The highest BCUT2D eigenvalue weighted by Crippen LogP contribution is 2.39. The van der Waals surface area contributed by atoms with Gasteiger partial charge >= 0.3 is 0 Å². The van der Waals surface area contributed by atoms with Crippen LogP contribution in [0.15, 0.2) is 28.8 Å². The summed E-state index contributed by atoms with van der Waals surface area (Å²) in [7, 11) is 0. The molecular weight excluding hydrogens is 325 g/mol. The van der Waals surface area contributed by atoms with Crippen LogP contribution in [0, 0.1) is 24.6 Å². The Morgan fingerprint density at radius 1 is 1.32 bits per heavy atom. The third kappa shape index (κ3) is 3.16. The van der Waals surface area contributed by atoms with Gasteiger partial charge in [0.1, 0.15) is 5.82 Å². The van der Waals surface area contributed by atoms with Crippen molar-refractivity contribution in [3.8, 4) is 0 Å². The molecule has 3 atom stereocenters. The Hall–Kier alpha value is -2.28. The topological polar surface area (TPSA) is 68.5 Å². The molecule has 2 aliphatic heterocycles. The Bertz CT molecular complexity index is 778. The second kappa shape index (κ2) is 6.55. The molecule has 1 amide bonds. The number of hydrogen-bond donors (Lipinski definition) is 0. The highest BCUT2D eigenvalue weighted by Gasteiger charge is 2.45. The number of hydrogen-bond acceptors (Lipinski definition) is 5. The lowest BCUT2D eigenvalue weighted by Gasteiger charge is -2.30. The lowest BCUT2D eigenvalue weighted by Crippen LogP contribution is -2.33. The first-order valence-electron chi connectivity index (χ1n) is 8.51. The number of halogens is 1. The Labute approximate surface area is 145 Å². The third-order valence-corrected chi connectivity index (χ3v) is 5.15. The van der Waals surface area contributed by atoms with Gasteiger partial charge in [0, 0.05) is 19.0 Å². The maximum atomic E-state index is 13.8. The van der Waals surface area contributed by atoms with Crippen molar-refractivity contribution in [2.75, 3.05) is 26.3 Å². The van der Waals surface area contributed by atoms with E-state index in [1.54, 1.807) is 25.1 Å². The van der Waals surface area contributed by atoms with E-state index in [2.05, 4.69) is 10.1 Å². The number of fused-ring (bicyclic) bond motifs is 1. The Morgan fingerprint density at radius 2 is 2.16 bits per heavy atom. The SMILES string of the molecule is Cc1noc([C@@H]2COC[C@@H]3CN(C(=O)Cc4ccccc4F)C[C@@H]32)n1. The molecule has 1 aromatic carbocycles. The second-order valence-electron chi connectivity index (χ2n) is 6.81. The smallest absolute Gasteiger partial charge is 0.232 e. The summed E-state index contributed by atoms with van der Waals surface area (Å²) in [4.78, 5) is 18.8. The zero-order chi connectivity index (χ0) is 17.4. The zero-order valence-electron chi connectivity index (χ0n) is 14.0. The highest BCUT2D eigenvalue weighted by molar-refractivity contribution is 5.79. The molecule has 0 aliphatic carbocycles. The van der Waals surface area contributed by atoms with Gasteiger partial charge in [-0.3, -0.25) is 4.79 Å². The van der Waals surface area contributed by atoms with E-state index in [9.17, 15) is 9.18 Å². The van der Waals surface area contributed by atoms with E-state index >= 15 is 0 Å². The predicted molar refractivity (Wildman–Crippen MR) is 86.3 cm³/mol. The van der Waals surface area contributed by atoms with E-state index in [1.165, 1.54) is 6.07 Å². The summed E-state index contributed by atoms with van der Waals surface area (Å²) in [5, 5.41) is 3.86. The Morgan fingerprint density at radius 3 is 2.92 bits per heavy atom. The molecule has 0 saturated carbocycles. The predicted octanol–water partition coefficient (Wildman–Crippen LogP) is 1.95. The molecule has 25 heavy (non-hydrogen) atoms. The summed E-state index contributed by atoms with van der Waals surface area (Å²) < 4.78 is 24.8. The van der Waals surface area contributed by atoms with Crippen molar-refractivity contribution in [1.82, 2.24) is 15.0 Å². The number of benzene rings is 1. The van der Waals surface area contributed by atoms with Crippen molar-refractivity contribution in [2.24, 2.45) is 11.8 Å². The molecule has 0 spiro atoms. The Kier molecular flexibility index (Phi) is 4.25. The molecule has 6 nitrogen and oxygen atoms in total. The number of likely N-dealkylation sites (tertiary alicyclic amines) is 1. The number of carbonyl (C=O) groups excluding carboxylic acids is 1. The summed E-state index contributed by atoms with van der Waals surface area (Å²) in [6, 6.07) is 6.41. The molecule has 0 bridgehead atoms. The minimum absolute atomic E-state index is 0.00575. The molecule has 132 valence electrons. The lowest BCUT2D eigenvalue weighted by molar-refractivity contribution is -0.129. The van der Waals surface area contributed by atoms with Crippen molar-refractivity contribution >= 4 is 5.91 Å². The highest BCUT2D eigenvalue weighted by atomic mass is 19.1. The largest absolute Gasteiger partial charge is 0.380 e. The van der Waals surface area contributed by atoms with Crippen LogP contribution >= 0.6 is 0 Å². The van der Waals surface area contributed by atoms with Gasteiger partial charge in [0.25, 0.3) is 0 Å². The summed E-state index contributed by atoms with van der Waals surface area (Å²) >= 11 is 0. The molecule has 2 aliphatic rings. The summed E-state index contributed by atoms with van der Waals surface area (Å²) in [5.41, 5.74) is 0.433. The fourth-order valence-electron chi connectivity index (χ4n) is 3.84. The van der Waals surface area contributed by atoms with Crippen LogP contribution in [0.1, 0.15) is 23.2 Å². The molecule has 4 rings (SSSR count). The normalized spacial score (nSPS) is 25.8. The van der Waals surface area contributed by atoms with Gasteiger partial charge in [-0.2, -0.15) is 4.98 Å².